The van der Waals surface area contributed by atoms with Gasteiger partial charge in [-0.2, -0.15) is 8.78 Å². The molecule has 1 aliphatic rings. The van der Waals surface area contributed by atoms with Crippen LogP contribution in [0.3, 0.4) is 0 Å². The van der Waals surface area contributed by atoms with Crippen molar-refractivity contribution in [2.24, 2.45) is 0 Å². The van der Waals surface area contributed by atoms with Gasteiger partial charge in [0.25, 0.3) is 5.76 Å². The molecule has 0 unspecified atom stereocenters. The number of halogens is 2. The minimum absolute atomic E-state index is 0.486. The van der Waals surface area contributed by atoms with Crippen molar-refractivity contribution in [2.75, 3.05) is 0 Å². The summed E-state index contributed by atoms with van der Waals surface area (Å²) in [4.78, 5) is 8.35. The predicted molar refractivity (Wildman–Crippen MR) is 83.4 cm³/mol. The van der Waals surface area contributed by atoms with E-state index in [1.807, 2.05) is 19.1 Å². The van der Waals surface area contributed by atoms with E-state index in [2.05, 4.69) is 9.97 Å². The zero-order valence-corrected chi connectivity index (χ0v) is 13.0. The van der Waals surface area contributed by atoms with Crippen LogP contribution in [0.25, 0.3) is 11.3 Å². The molecule has 1 fully saturated rings. The third-order valence-electron chi connectivity index (χ3n) is 3.50. The molecule has 1 N–H and O–H groups in total. The minimum atomic E-state index is -2.40. The number of nitrogens with one attached hydrogen (secondary N) is 1. The van der Waals surface area contributed by atoms with Crippen molar-refractivity contribution in [2.45, 2.75) is 36.3 Å². The highest BCUT2D eigenvalue weighted by atomic mass is 32.2. The summed E-state index contributed by atoms with van der Waals surface area (Å²) >= 11 is 5.87. The lowest BCUT2D eigenvalue weighted by atomic mass is 10.1. The van der Waals surface area contributed by atoms with Gasteiger partial charge in [-0.1, -0.05) is 36.1 Å². The number of hydrogen-bond donors (Lipinski definition) is 1. The molecule has 0 amide bonds. The van der Waals surface area contributed by atoms with E-state index in [1.165, 1.54) is 0 Å². The highest BCUT2D eigenvalue weighted by Crippen LogP contribution is 2.39. The quantitative estimate of drug-likeness (QED) is 0.610. The van der Waals surface area contributed by atoms with Crippen molar-refractivity contribution >= 4 is 24.0 Å². The second kappa shape index (κ2) is 5.85. The summed E-state index contributed by atoms with van der Waals surface area (Å²) < 4.78 is 25.3. The summed E-state index contributed by atoms with van der Waals surface area (Å²) in [5.41, 5.74) is 2.80. The second-order valence-electron chi connectivity index (χ2n) is 5.10. The fourth-order valence-electron chi connectivity index (χ4n) is 2.19. The van der Waals surface area contributed by atoms with E-state index in [1.54, 1.807) is 12.1 Å². The molecule has 110 valence electrons. The topological polar surface area (TPSA) is 28.7 Å². The van der Waals surface area contributed by atoms with Gasteiger partial charge in [0.1, 0.15) is 10.5 Å². The van der Waals surface area contributed by atoms with E-state index in [4.69, 9.17) is 12.2 Å². The lowest BCUT2D eigenvalue weighted by Gasteiger charge is -2.10. The Labute approximate surface area is 131 Å². The van der Waals surface area contributed by atoms with Crippen molar-refractivity contribution in [3.8, 4) is 11.3 Å². The molecule has 21 heavy (non-hydrogen) atoms. The number of aromatic nitrogens is 2. The first kappa shape index (κ1) is 14.7. The lowest BCUT2D eigenvalue weighted by Crippen LogP contribution is -1.99. The average molecular weight is 324 g/mol. The fraction of sp³-hybridized carbons (Fsp3) is 0.333. The molecule has 6 heteroatoms. The van der Waals surface area contributed by atoms with Crippen molar-refractivity contribution in [1.29, 1.82) is 0 Å². The van der Waals surface area contributed by atoms with Gasteiger partial charge < -0.3 is 4.98 Å². The Morgan fingerprint density at radius 2 is 1.95 bits per heavy atom. The van der Waals surface area contributed by atoms with Crippen molar-refractivity contribution in [3.63, 3.8) is 0 Å². The van der Waals surface area contributed by atoms with Crippen LogP contribution in [0.5, 0.6) is 0 Å². The molecule has 3 rings (SSSR count). The van der Waals surface area contributed by atoms with Gasteiger partial charge in [0, 0.05) is 16.4 Å². The molecule has 1 aromatic heterocycles. The number of hydrogen-bond acceptors (Lipinski definition) is 3. The van der Waals surface area contributed by atoms with Gasteiger partial charge in [-0.3, -0.25) is 0 Å². The van der Waals surface area contributed by atoms with Crippen molar-refractivity contribution in [1.82, 2.24) is 9.97 Å². The largest absolute Gasteiger partial charge is 0.343 e. The van der Waals surface area contributed by atoms with Gasteiger partial charge in [-0.05, 0) is 37.5 Å². The number of benzene rings is 1. The highest BCUT2D eigenvalue weighted by molar-refractivity contribution is 7.99. The smallest absolute Gasteiger partial charge is 0.288 e. The monoisotopic (exact) mass is 324 g/mol. The van der Waals surface area contributed by atoms with Gasteiger partial charge in [0.05, 0.1) is 5.69 Å². The molecule has 0 aliphatic heterocycles. The fourth-order valence-corrected chi connectivity index (χ4v) is 2.89. The van der Waals surface area contributed by atoms with Crippen molar-refractivity contribution < 1.29 is 8.78 Å². The molecular formula is C15H14F2N2S2. The van der Waals surface area contributed by atoms with E-state index in [0.29, 0.717) is 27.2 Å². The third kappa shape index (κ3) is 3.32. The SMILES string of the molecule is Cc1c(-c2ccc(SC(F)F)cc2)[nH]c(C2CC2)nc1=S. The first-order chi connectivity index (χ1) is 10.0. The molecule has 0 bridgehead atoms. The van der Waals surface area contributed by atoms with Crippen LogP contribution in [-0.2, 0) is 0 Å². The normalized spacial score (nSPS) is 14.7. The molecule has 1 saturated carbocycles. The molecule has 0 saturated heterocycles. The zero-order chi connectivity index (χ0) is 15.0. The first-order valence-electron chi connectivity index (χ1n) is 6.70. The summed E-state index contributed by atoms with van der Waals surface area (Å²) in [5, 5.41) is 0. The van der Waals surface area contributed by atoms with Crippen molar-refractivity contribution in [3.05, 3.63) is 40.3 Å². The van der Waals surface area contributed by atoms with Gasteiger partial charge in [0.15, 0.2) is 0 Å². The summed E-state index contributed by atoms with van der Waals surface area (Å²) in [6.07, 6.45) is 2.29. The molecule has 2 nitrogen and oxygen atoms in total. The Balaban J connectivity index is 1.97. The van der Waals surface area contributed by atoms with Gasteiger partial charge >= 0.3 is 0 Å². The Morgan fingerprint density at radius 3 is 2.52 bits per heavy atom. The highest BCUT2D eigenvalue weighted by Gasteiger charge is 2.26. The zero-order valence-electron chi connectivity index (χ0n) is 11.4. The Kier molecular flexibility index (Phi) is 4.08. The molecule has 0 spiro atoms. The molecule has 1 aliphatic carbocycles. The van der Waals surface area contributed by atoms with E-state index in [-0.39, 0.29) is 0 Å². The molecule has 1 aromatic carbocycles. The number of thioether (sulfide) groups is 1. The van der Waals surface area contributed by atoms with Crippen LogP contribution < -0.4 is 0 Å². The van der Waals surface area contributed by atoms with Crippen LogP contribution in [0.4, 0.5) is 8.78 Å². The molecule has 0 radical (unpaired) electrons. The number of aromatic amines is 1. The lowest BCUT2D eigenvalue weighted by molar-refractivity contribution is 0.252. The molecule has 2 aromatic rings. The van der Waals surface area contributed by atoms with E-state index < -0.39 is 5.76 Å². The third-order valence-corrected chi connectivity index (χ3v) is 4.62. The minimum Gasteiger partial charge on any atom is -0.343 e. The first-order valence-corrected chi connectivity index (χ1v) is 7.99. The van der Waals surface area contributed by atoms with Crippen LogP contribution in [0, 0.1) is 11.6 Å². The predicted octanol–water partition coefficient (Wildman–Crippen LogP) is 5.31. The maximum atomic E-state index is 12.3. The Morgan fingerprint density at radius 1 is 1.29 bits per heavy atom. The van der Waals surface area contributed by atoms with Gasteiger partial charge in [0.2, 0.25) is 0 Å². The Bertz CT molecular complexity index is 707. The summed E-state index contributed by atoms with van der Waals surface area (Å²) in [5.74, 6) is -0.975. The van der Waals surface area contributed by atoms with Gasteiger partial charge in [-0.15, -0.1) is 0 Å². The molecule has 0 atom stereocenters. The molecular weight excluding hydrogens is 310 g/mol. The summed E-state index contributed by atoms with van der Waals surface area (Å²) in [6.45, 7) is 1.93. The maximum absolute atomic E-state index is 12.3. The standard InChI is InChI=1S/C15H14F2N2S2/c1-8-12(18-13(10-2-3-10)19-14(8)20)9-4-6-11(7-5-9)21-15(16)17/h4-7,10,15H,2-3H2,1H3,(H,18,19,20). The number of rotatable bonds is 4. The molecule has 1 heterocycles. The van der Waals surface area contributed by atoms with E-state index in [0.717, 1.165) is 35.5 Å². The summed E-state index contributed by atoms with van der Waals surface area (Å²) in [7, 11) is 0. The number of H-pyrrole nitrogens is 1. The summed E-state index contributed by atoms with van der Waals surface area (Å²) in [6, 6.07) is 7.10. The van der Waals surface area contributed by atoms with Crippen LogP contribution >= 0.6 is 24.0 Å². The maximum Gasteiger partial charge on any atom is 0.288 e. The average Bonchev–Trinajstić information content (AvgIpc) is 3.26. The number of alkyl halides is 2. The van der Waals surface area contributed by atoms with Crippen LogP contribution in [-0.4, -0.2) is 15.7 Å². The van der Waals surface area contributed by atoms with E-state index >= 15 is 0 Å². The van der Waals surface area contributed by atoms with Crippen LogP contribution in [0.1, 0.15) is 30.1 Å². The second-order valence-corrected chi connectivity index (χ2v) is 6.55. The van der Waals surface area contributed by atoms with Gasteiger partial charge in [-0.25, -0.2) is 4.98 Å². The van der Waals surface area contributed by atoms with E-state index in [9.17, 15) is 8.78 Å². The van der Waals surface area contributed by atoms with Crippen LogP contribution in [0.2, 0.25) is 0 Å². The number of nitrogens with zero attached hydrogens (tertiary/aromatic N) is 1. The Hall–Kier alpha value is -1.27. The van der Waals surface area contributed by atoms with Crippen LogP contribution in [0.15, 0.2) is 29.2 Å².